The summed E-state index contributed by atoms with van der Waals surface area (Å²) in [7, 11) is 0. The summed E-state index contributed by atoms with van der Waals surface area (Å²) in [6.45, 7) is 6.09. The molecule has 1 rings (SSSR count). The largest absolute Gasteiger partial charge is 0.389 e. The summed E-state index contributed by atoms with van der Waals surface area (Å²) < 4.78 is 0. The lowest BCUT2D eigenvalue weighted by atomic mass is 9.94. The highest BCUT2D eigenvalue weighted by Gasteiger charge is 2.10. The molecule has 0 saturated carbocycles. The Morgan fingerprint density at radius 1 is 1.15 bits per heavy atom. The van der Waals surface area contributed by atoms with Crippen LogP contribution in [0.25, 0.3) is 0 Å². The fourth-order valence-electron chi connectivity index (χ4n) is 1.82. The Bertz CT molecular complexity index is 254. The van der Waals surface area contributed by atoms with Gasteiger partial charge in [-0.2, -0.15) is 0 Å². The van der Waals surface area contributed by atoms with E-state index in [2.05, 4.69) is 32.0 Å². The van der Waals surface area contributed by atoms with Gasteiger partial charge in [-0.1, -0.05) is 32.0 Å². The zero-order valence-electron chi connectivity index (χ0n) is 8.67. The number of hydrogen-bond donors (Lipinski definition) is 1. The highest BCUT2D eigenvalue weighted by atomic mass is 16.3. The summed E-state index contributed by atoms with van der Waals surface area (Å²) in [6, 6.07) is 6.27. The molecule has 0 spiro atoms. The monoisotopic (exact) mass is 178 g/mol. The average Bonchev–Trinajstić information content (AvgIpc) is 2.16. The van der Waals surface area contributed by atoms with Gasteiger partial charge in [-0.3, -0.25) is 0 Å². The van der Waals surface area contributed by atoms with Crippen LogP contribution in [0.1, 0.15) is 43.6 Å². The first kappa shape index (κ1) is 10.3. The topological polar surface area (TPSA) is 20.2 Å². The van der Waals surface area contributed by atoms with Gasteiger partial charge in [0.25, 0.3) is 0 Å². The Labute approximate surface area is 80.4 Å². The van der Waals surface area contributed by atoms with Gasteiger partial charge in [-0.15, -0.1) is 0 Å². The maximum atomic E-state index is 9.65. The summed E-state index contributed by atoms with van der Waals surface area (Å²) in [5.74, 6) is 0. The first-order valence-corrected chi connectivity index (χ1v) is 4.99. The first-order chi connectivity index (χ1) is 6.20. The zero-order chi connectivity index (χ0) is 9.84. The van der Waals surface area contributed by atoms with Crippen LogP contribution in [0.3, 0.4) is 0 Å². The molecule has 1 aromatic carbocycles. The van der Waals surface area contributed by atoms with Crippen molar-refractivity contribution in [1.82, 2.24) is 0 Å². The molecule has 0 aliphatic rings. The molecule has 1 nitrogen and oxygen atoms in total. The Hall–Kier alpha value is -0.820. The van der Waals surface area contributed by atoms with Crippen LogP contribution in [0.2, 0.25) is 0 Å². The molecular weight excluding hydrogens is 160 g/mol. The number of benzene rings is 1. The van der Waals surface area contributed by atoms with Crippen molar-refractivity contribution in [3.05, 3.63) is 34.9 Å². The van der Waals surface area contributed by atoms with Gasteiger partial charge in [-0.25, -0.2) is 0 Å². The number of aryl methyl sites for hydroxylation is 2. The van der Waals surface area contributed by atoms with Crippen molar-refractivity contribution in [2.45, 2.75) is 39.7 Å². The zero-order valence-corrected chi connectivity index (χ0v) is 8.67. The van der Waals surface area contributed by atoms with Gasteiger partial charge in [0.2, 0.25) is 0 Å². The molecule has 13 heavy (non-hydrogen) atoms. The Morgan fingerprint density at radius 2 is 1.62 bits per heavy atom. The predicted octanol–water partition coefficient (Wildman–Crippen LogP) is 2.86. The molecule has 0 amide bonds. The van der Waals surface area contributed by atoms with E-state index in [-0.39, 0.29) is 6.10 Å². The van der Waals surface area contributed by atoms with Crippen molar-refractivity contribution in [1.29, 1.82) is 0 Å². The molecule has 0 saturated heterocycles. The summed E-state index contributed by atoms with van der Waals surface area (Å²) in [4.78, 5) is 0. The van der Waals surface area contributed by atoms with E-state index in [4.69, 9.17) is 0 Å². The van der Waals surface area contributed by atoms with Crippen LogP contribution in [0.4, 0.5) is 0 Å². The van der Waals surface area contributed by atoms with Crippen LogP contribution in [0.5, 0.6) is 0 Å². The number of aliphatic hydroxyl groups is 1. The van der Waals surface area contributed by atoms with E-state index in [1.165, 1.54) is 11.1 Å². The molecule has 1 aromatic rings. The van der Waals surface area contributed by atoms with Crippen LogP contribution in [0, 0.1) is 0 Å². The molecule has 0 heterocycles. The highest BCUT2D eigenvalue weighted by molar-refractivity contribution is 5.36. The van der Waals surface area contributed by atoms with Crippen LogP contribution in [0.15, 0.2) is 18.2 Å². The summed E-state index contributed by atoms with van der Waals surface area (Å²) >= 11 is 0. The van der Waals surface area contributed by atoms with E-state index >= 15 is 0 Å². The van der Waals surface area contributed by atoms with Crippen LogP contribution in [-0.4, -0.2) is 5.11 Å². The first-order valence-electron chi connectivity index (χ1n) is 4.99. The van der Waals surface area contributed by atoms with Crippen molar-refractivity contribution >= 4 is 0 Å². The summed E-state index contributed by atoms with van der Waals surface area (Å²) in [5.41, 5.74) is 3.68. The molecular formula is C12H18O. The molecule has 0 radical (unpaired) electrons. The Morgan fingerprint density at radius 3 is 1.92 bits per heavy atom. The second-order valence-electron chi connectivity index (χ2n) is 3.37. The third-order valence-corrected chi connectivity index (χ3v) is 2.47. The van der Waals surface area contributed by atoms with Gasteiger partial charge in [0.05, 0.1) is 6.10 Å². The van der Waals surface area contributed by atoms with Crippen LogP contribution >= 0.6 is 0 Å². The molecule has 1 N–H and O–H groups in total. The lowest BCUT2D eigenvalue weighted by Crippen LogP contribution is -2.02. The fourth-order valence-corrected chi connectivity index (χ4v) is 1.82. The van der Waals surface area contributed by atoms with E-state index in [0.29, 0.717) is 0 Å². The van der Waals surface area contributed by atoms with Crippen molar-refractivity contribution in [2.24, 2.45) is 0 Å². The van der Waals surface area contributed by atoms with E-state index in [1.54, 1.807) is 0 Å². The van der Waals surface area contributed by atoms with Crippen molar-refractivity contribution < 1.29 is 5.11 Å². The van der Waals surface area contributed by atoms with E-state index in [0.717, 1.165) is 18.4 Å². The highest BCUT2D eigenvalue weighted by Crippen LogP contribution is 2.23. The second kappa shape index (κ2) is 4.43. The third-order valence-electron chi connectivity index (χ3n) is 2.47. The molecule has 0 aliphatic heterocycles. The van der Waals surface area contributed by atoms with Crippen LogP contribution < -0.4 is 0 Å². The van der Waals surface area contributed by atoms with Gasteiger partial charge in [0.15, 0.2) is 0 Å². The molecule has 1 unspecified atom stereocenters. The van der Waals surface area contributed by atoms with E-state index < -0.39 is 0 Å². The quantitative estimate of drug-likeness (QED) is 0.754. The summed E-state index contributed by atoms with van der Waals surface area (Å²) in [6.07, 6.45) is 1.65. The van der Waals surface area contributed by atoms with Crippen molar-refractivity contribution in [2.75, 3.05) is 0 Å². The van der Waals surface area contributed by atoms with E-state index in [1.807, 2.05) is 6.92 Å². The minimum atomic E-state index is -0.342. The lowest BCUT2D eigenvalue weighted by Gasteiger charge is -2.15. The van der Waals surface area contributed by atoms with Gasteiger partial charge in [0.1, 0.15) is 0 Å². The van der Waals surface area contributed by atoms with Crippen LogP contribution in [-0.2, 0) is 12.8 Å². The minimum Gasteiger partial charge on any atom is -0.389 e. The maximum Gasteiger partial charge on any atom is 0.0767 e. The van der Waals surface area contributed by atoms with Gasteiger partial charge >= 0.3 is 0 Å². The molecule has 0 aliphatic carbocycles. The van der Waals surface area contributed by atoms with Crippen molar-refractivity contribution in [3.63, 3.8) is 0 Å². The molecule has 0 aromatic heterocycles. The summed E-state index contributed by atoms with van der Waals surface area (Å²) in [5, 5.41) is 9.65. The molecule has 1 heteroatoms. The van der Waals surface area contributed by atoms with Crippen molar-refractivity contribution in [3.8, 4) is 0 Å². The molecule has 1 atom stereocenters. The van der Waals surface area contributed by atoms with Gasteiger partial charge in [-0.05, 0) is 36.5 Å². The molecule has 0 bridgehead atoms. The van der Waals surface area contributed by atoms with Gasteiger partial charge in [0, 0.05) is 0 Å². The SMILES string of the molecule is CCc1cccc(CC)c1C(C)O. The second-order valence-corrected chi connectivity index (χ2v) is 3.37. The standard InChI is InChI=1S/C12H18O/c1-4-10-7-6-8-11(5-2)12(10)9(3)13/h6-9,13H,4-5H2,1-3H3. The van der Waals surface area contributed by atoms with Gasteiger partial charge < -0.3 is 5.11 Å². The predicted molar refractivity (Wildman–Crippen MR) is 55.8 cm³/mol. The Balaban J connectivity index is 3.21. The number of hydrogen-bond acceptors (Lipinski definition) is 1. The van der Waals surface area contributed by atoms with E-state index in [9.17, 15) is 5.11 Å². The lowest BCUT2D eigenvalue weighted by molar-refractivity contribution is 0.197. The minimum absolute atomic E-state index is 0.342. The maximum absolute atomic E-state index is 9.65. The average molecular weight is 178 g/mol. The molecule has 0 fully saturated rings. The normalized spacial score (nSPS) is 12.9. The molecule has 72 valence electrons. The number of aliphatic hydroxyl groups excluding tert-OH is 1. The third kappa shape index (κ3) is 2.10. The smallest absolute Gasteiger partial charge is 0.0767 e. The number of rotatable bonds is 3. The fraction of sp³-hybridized carbons (Fsp3) is 0.500. The Kier molecular flexibility index (Phi) is 3.49.